The van der Waals surface area contributed by atoms with Crippen molar-refractivity contribution in [2.45, 2.75) is 6.61 Å². The standard InChI is InChI=1S/C21H16I2N2O4S/c1-28-7-6-25-20(26)18(30-21(25)27)9-15-8-16(22)10-17(23)19(15)29-12-14-5-3-2-4-13(14)11-24/h2-5,8-10H,6-7,12H2,1H3/b18-9+. The molecule has 9 heteroatoms. The van der Waals surface area contributed by atoms with Crippen LogP contribution < -0.4 is 4.74 Å². The Hall–Kier alpha value is -1.62. The summed E-state index contributed by atoms with van der Waals surface area (Å²) >= 11 is 5.29. The number of ether oxygens (including phenoxy) is 2. The quantitative estimate of drug-likeness (QED) is 0.311. The van der Waals surface area contributed by atoms with Gasteiger partial charge in [-0.1, -0.05) is 18.2 Å². The second kappa shape index (κ2) is 10.6. The highest BCUT2D eigenvalue weighted by atomic mass is 127. The summed E-state index contributed by atoms with van der Waals surface area (Å²) in [6.45, 7) is 0.728. The highest BCUT2D eigenvalue weighted by molar-refractivity contribution is 14.1. The Kier molecular flexibility index (Phi) is 8.15. The normalized spacial score (nSPS) is 15.0. The average Bonchev–Trinajstić information content (AvgIpc) is 2.98. The Morgan fingerprint density at radius 2 is 2.00 bits per heavy atom. The molecule has 2 aromatic carbocycles. The number of imide groups is 1. The number of benzene rings is 2. The van der Waals surface area contributed by atoms with Crippen LogP contribution in [0.4, 0.5) is 4.79 Å². The van der Waals surface area contributed by atoms with Gasteiger partial charge in [-0.2, -0.15) is 5.26 Å². The number of halogens is 2. The van der Waals surface area contributed by atoms with Crippen LogP contribution in [0.2, 0.25) is 0 Å². The molecule has 0 atom stereocenters. The van der Waals surface area contributed by atoms with Crippen LogP contribution in [0.25, 0.3) is 6.08 Å². The van der Waals surface area contributed by atoms with Gasteiger partial charge in [0, 0.05) is 21.8 Å². The number of amides is 2. The number of hydrogen-bond acceptors (Lipinski definition) is 6. The van der Waals surface area contributed by atoms with Crippen molar-refractivity contribution in [1.82, 2.24) is 4.90 Å². The van der Waals surface area contributed by atoms with E-state index < -0.39 is 0 Å². The molecule has 0 unspecified atom stereocenters. The number of nitrogens with zero attached hydrogens (tertiary/aromatic N) is 2. The van der Waals surface area contributed by atoms with E-state index in [4.69, 9.17) is 9.47 Å². The van der Waals surface area contributed by atoms with Gasteiger partial charge in [-0.15, -0.1) is 0 Å². The van der Waals surface area contributed by atoms with Crippen LogP contribution in [-0.4, -0.2) is 36.3 Å². The van der Waals surface area contributed by atoms with E-state index in [0.29, 0.717) is 28.4 Å². The van der Waals surface area contributed by atoms with Crippen molar-refractivity contribution in [3.8, 4) is 11.8 Å². The zero-order valence-corrected chi connectivity index (χ0v) is 21.0. The number of methoxy groups -OCH3 is 1. The summed E-state index contributed by atoms with van der Waals surface area (Å²) in [5, 5.41) is 8.98. The summed E-state index contributed by atoms with van der Waals surface area (Å²) in [4.78, 5) is 26.4. The number of nitriles is 1. The van der Waals surface area contributed by atoms with Gasteiger partial charge in [-0.25, -0.2) is 0 Å². The maximum atomic E-state index is 12.6. The van der Waals surface area contributed by atoms with Crippen LogP contribution in [0.15, 0.2) is 41.3 Å². The summed E-state index contributed by atoms with van der Waals surface area (Å²) in [7, 11) is 1.52. The Morgan fingerprint density at radius 3 is 2.73 bits per heavy atom. The molecule has 2 aromatic rings. The van der Waals surface area contributed by atoms with Gasteiger partial charge >= 0.3 is 0 Å². The molecule has 3 rings (SSSR count). The van der Waals surface area contributed by atoms with Crippen LogP contribution in [0.3, 0.4) is 0 Å². The van der Waals surface area contributed by atoms with E-state index in [1.165, 1.54) is 12.0 Å². The number of carbonyl (C=O) groups excluding carboxylic acids is 2. The SMILES string of the molecule is COCCN1C(=O)S/C(=C/c2cc(I)cc(I)c2OCc2ccccc2C#N)C1=O. The van der Waals surface area contributed by atoms with Gasteiger partial charge in [0.05, 0.1) is 33.3 Å². The Morgan fingerprint density at radius 1 is 1.23 bits per heavy atom. The zero-order chi connectivity index (χ0) is 21.7. The van der Waals surface area contributed by atoms with Gasteiger partial charge in [-0.3, -0.25) is 14.5 Å². The molecule has 6 nitrogen and oxygen atoms in total. The van der Waals surface area contributed by atoms with E-state index in [1.807, 2.05) is 30.3 Å². The molecule has 0 radical (unpaired) electrons. The molecule has 1 aliphatic rings. The number of rotatable bonds is 7. The van der Waals surface area contributed by atoms with Crippen LogP contribution >= 0.6 is 56.9 Å². The predicted molar refractivity (Wildman–Crippen MR) is 132 cm³/mol. The monoisotopic (exact) mass is 646 g/mol. The molecule has 2 amide bonds. The molecule has 30 heavy (non-hydrogen) atoms. The van der Waals surface area contributed by atoms with Crippen molar-refractivity contribution in [3.05, 3.63) is 65.1 Å². The highest BCUT2D eigenvalue weighted by Crippen LogP contribution is 2.36. The fourth-order valence-corrected chi connectivity index (χ4v) is 5.66. The second-order valence-corrected chi connectivity index (χ2v) is 9.59. The predicted octanol–water partition coefficient (Wildman–Crippen LogP) is 5.03. The molecule has 0 aliphatic carbocycles. The maximum Gasteiger partial charge on any atom is 0.293 e. The fourth-order valence-electron chi connectivity index (χ4n) is 2.76. The van der Waals surface area contributed by atoms with E-state index in [-0.39, 0.29) is 24.3 Å². The Balaban J connectivity index is 1.90. The first-order valence-corrected chi connectivity index (χ1v) is 11.8. The molecule has 1 saturated heterocycles. The lowest BCUT2D eigenvalue weighted by atomic mass is 10.1. The third kappa shape index (κ3) is 5.35. The summed E-state index contributed by atoms with van der Waals surface area (Å²) in [6, 6.07) is 13.3. The van der Waals surface area contributed by atoms with Gasteiger partial charge < -0.3 is 9.47 Å². The van der Waals surface area contributed by atoms with Crippen LogP contribution in [0.1, 0.15) is 16.7 Å². The first-order valence-electron chi connectivity index (χ1n) is 8.78. The molecule has 0 saturated carbocycles. The molecule has 0 spiro atoms. The molecule has 154 valence electrons. The molecule has 1 fully saturated rings. The number of carbonyl (C=O) groups is 2. The van der Waals surface area contributed by atoms with Crippen molar-refractivity contribution < 1.29 is 19.1 Å². The molecular weight excluding hydrogens is 630 g/mol. The first kappa shape index (κ1) is 23.1. The van der Waals surface area contributed by atoms with Gasteiger partial charge in [0.2, 0.25) is 0 Å². The van der Waals surface area contributed by atoms with Gasteiger partial charge in [0.1, 0.15) is 12.4 Å². The number of thioether (sulfide) groups is 1. The largest absolute Gasteiger partial charge is 0.487 e. The molecular formula is C21H16I2N2O4S. The van der Waals surface area contributed by atoms with Crippen molar-refractivity contribution in [2.24, 2.45) is 0 Å². The topological polar surface area (TPSA) is 79.6 Å². The summed E-state index contributed by atoms with van der Waals surface area (Å²) < 4.78 is 12.9. The summed E-state index contributed by atoms with van der Waals surface area (Å²) in [5.74, 6) is 0.268. The van der Waals surface area contributed by atoms with Crippen molar-refractivity contribution in [3.63, 3.8) is 0 Å². The second-order valence-electron chi connectivity index (χ2n) is 6.19. The van der Waals surface area contributed by atoms with Gasteiger partial charge in [-0.05, 0) is 81.2 Å². The van der Waals surface area contributed by atoms with Gasteiger partial charge in [0.15, 0.2) is 0 Å². The minimum atomic E-state index is -0.336. The fraction of sp³-hybridized carbons (Fsp3) is 0.190. The van der Waals surface area contributed by atoms with Crippen molar-refractivity contribution >= 4 is 74.2 Å². The summed E-state index contributed by atoms with van der Waals surface area (Å²) in [6.07, 6.45) is 1.69. The van der Waals surface area contributed by atoms with Crippen LogP contribution in [0, 0.1) is 18.5 Å². The van der Waals surface area contributed by atoms with E-state index in [0.717, 1.165) is 24.5 Å². The molecule has 1 heterocycles. The first-order chi connectivity index (χ1) is 14.4. The van der Waals surface area contributed by atoms with E-state index in [9.17, 15) is 14.9 Å². The Bertz CT molecular complexity index is 1070. The highest BCUT2D eigenvalue weighted by Gasteiger charge is 2.34. The molecule has 0 N–H and O–H groups in total. The summed E-state index contributed by atoms with van der Waals surface area (Å²) in [5.41, 5.74) is 2.04. The Labute approximate surface area is 205 Å². The van der Waals surface area contributed by atoms with Gasteiger partial charge in [0.25, 0.3) is 11.1 Å². The molecule has 0 aromatic heterocycles. The number of hydrogen-bond donors (Lipinski definition) is 0. The lowest BCUT2D eigenvalue weighted by molar-refractivity contribution is -0.123. The van der Waals surface area contributed by atoms with E-state index in [2.05, 4.69) is 51.3 Å². The lowest BCUT2D eigenvalue weighted by Crippen LogP contribution is -2.31. The van der Waals surface area contributed by atoms with Crippen LogP contribution in [0.5, 0.6) is 5.75 Å². The van der Waals surface area contributed by atoms with Crippen molar-refractivity contribution in [1.29, 1.82) is 5.26 Å². The minimum Gasteiger partial charge on any atom is -0.487 e. The molecule has 1 aliphatic heterocycles. The lowest BCUT2D eigenvalue weighted by Gasteiger charge is -2.14. The third-order valence-electron chi connectivity index (χ3n) is 4.23. The average molecular weight is 646 g/mol. The molecule has 0 bridgehead atoms. The zero-order valence-electron chi connectivity index (χ0n) is 15.9. The third-order valence-corrected chi connectivity index (χ3v) is 6.56. The van der Waals surface area contributed by atoms with Crippen LogP contribution in [-0.2, 0) is 16.1 Å². The smallest absolute Gasteiger partial charge is 0.293 e. The van der Waals surface area contributed by atoms with E-state index >= 15 is 0 Å². The minimum absolute atomic E-state index is 0.219. The maximum absolute atomic E-state index is 12.6. The van der Waals surface area contributed by atoms with Crippen molar-refractivity contribution in [2.75, 3.05) is 20.3 Å². The van der Waals surface area contributed by atoms with E-state index in [1.54, 1.807) is 12.1 Å².